The first kappa shape index (κ1) is 13.1. The lowest BCUT2D eigenvalue weighted by Gasteiger charge is -2.39. The van der Waals surface area contributed by atoms with Gasteiger partial charge in [0.15, 0.2) is 0 Å². The second-order valence-corrected chi connectivity index (χ2v) is 6.38. The fourth-order valence-electron chi connectivity index (χ4n) is 2.43. The number of halogens is 1. The van der Waals surface area contributed by atoms with Crippen LogP contribution >= 0.6 is 27.3 Å². The maximum absolute atomic E-state index is 12.4. The van der Waals surface area contributed by atoms with Crippen LogP contribution in [0.1, 0.15) is 29.4 Å². The van der Waals surface area contributed by atoms with Crippen LogP contribution < -0.4 is 5.73 Å². The molecular formula is C12H17BrN2OS. The zero-order valence-electron chi connectivity index (χ0n) is 9.86. The zero-order chi connectivity index (χ0) is 12.4. The van der Waals surface area contributed by atoms with Crippen molar-refractivity contribution in [1.29, 1.82) is 0 Å². The van der Waals surface area contributed by atoms with Crippen LogP contribution in [0.4, 0.5) is 0 Å². The highest BCUT2D eigenvalue weighted by atomic mass is 79.9. The van der Waals surface area contributed by atoms with Crippen LogP contribution in [0.3, 0.4) is 0 Å². The van der Waals surface area contributed by atoms with Gasteiger partial charge in [-0.1, -0.05) is 6.92 Å². The molecule has 2 atom stereocenters. The average molecular weight is 317 g/mol. The molecule has 1 amide bonds. The Morgan fingerprint density at radius 2 is 2.47 bits per heavy atom. The Balaban J connectivity index is 2.17. The third kappa shape index (κ3) is 2.72. The summed E-state index contributed by atoms with van der Waals surface area (Å²) in [6, 6.07) is 2.08. The maximum atomic E-state index is 12.4. The first-order chi connectivity index (χ1) is 8.13. The van der Waals surface area contributed by atoms with Crippen molar-refractivity contribution < 1.29 is 4.79 Å². The van der Waals surface area contributed by atoms with Gasteiger partial charge in [0, 0.05) is 29.0 Å². The number of likely N-dealkylation sites (tertiary alicyclic amines) is 1. The molecule has 94 valence electrons. The highest BCUT2D eigenvalue weighted by Gasteiger charge is 2.31. The van der Waals surface area contributed by atoms with Crippen molar-refractivity contribution in [3.8, 4) is 0 Å². The van der Waals surface area contributed by atoms with E-state index in [1.807, 2.05) is 16.3 Å². The largest absolute Gasteiger partial charge is 0.333 e. The lowest BCUT2D eigenvalue weighted by atomic mass is 9.90. The van der Waals surface area contributed by atoms with Gasteiger partial charge >= 0.3 is 0 Å². The van der Waals surface area contributed by atoms with Gasteiger partial charge in [-0.05, 0) is 40.8 Å². The van der Waals surface area contributed by atoms with E-state index in [1.54, 1.807) is 0 Å². The molecule has 2 N–H and O–H groups in total. The van der Waals surface area contributed by atoms with Gasteiger partial charge < -0.3 is 10.6 Å². The normalized spacial score (nSPS) is 25.0. The molecule has 0 aliphatic carbocycles. The molecule has 0 aromatic carbocycles. The Morgan fingerprint density at radius 3 is 3.06 bits per heavy atom. The maximum Gasteiger partial charge on any atom is 0.264 e. The number of piperidine rings is 1. The van der Waals surface area contributed by atoms with E-state index in [9.17, 15) is 4.79 Å². The molecule has 0 radical (unpaired) electrons. The molecule has 0 unspecified atom stereocenters. The van der Waals surface area contributed by atoms with Crippen molar-refractivity contribution in [2.45, 2.75) is 25.8 Å². The van der Waals surface area contributed by atoms with Crippen LogP contribution in [-0.2, 0) is 0 Å². The lowest BCUT2D eigenvalue weighted by molar-refractivity contribution is 0.0537. The SMILES string of the molecule is C[C@H]1CCCN(C(=O)c2cc(Br)cs2)[C@H]1CN. The monoisotopic (exact) mass is 316 g/mol. The molecule has 1 aromatic heterocycles. The topological polar surface area (TPSA) is 46.3 Å². The summed E-state index contributed by atoms with van der Waals surface area (Å²) < 4.78 is 0.972. The molecule has 1 aromatic rings. The van der Waals surface area contributed by atoms with Crippen molar-refractivity contribution >= 4 is 33.2 Å². The summed E-state index contributed by atoms with van der Waals surface area (Å²) in [7, 11) is 0. The van der Waals surface area contributed by atoms with E-state index in [-0.39, 0.29) is 11.9 Å². The number of hydrogen-bond acceptors (Lipinski definition) is 3. The predicted octanol–water partition coefficient (Wildman–Crippen LogP) is 2.71. The Morgan fingerprint density at radius 1 is 1.71 bits per heavy atom. The van der Waals surface area contributed by atoms with Crippen LogP contribution in [0.15, 0.2) is 15.9 Å². The van der Waals surface area contributed by atoms with E-state index in [4.69, 9.17) is 5.73 Å². The third-order valence-electron chi connectivity index (χ3n) is 3.40. The highest BCUT2D eigenvalue weighted by Crippen LogP contribution is 2.27. The number of amides is 1. The minimum absolute atomic E-state index is 0.128. The molecule has 2 rings (SSSR count). The van der Waals surface area contributed by atoms with Crippen LogP contribution in [-0.4, -0.2) is 29.9 Å². The fourth-order valence-corrected chi connectivity index (χ4v) is 3.81. The first-order valence-electron chi connectivity index (χ1n) is 5.88. The average Bonchev–Trinajstić information content (AvgIpc) is 2.74. The standard InChI is InChI=1S/C12H17BrN2OS/c1-8-3-2-4-15(10(8)6-14)12(16)11-5-9(13)7-17-11/h5,7-8,10H,2-4,6,14H2,1H3/t8-,10-/m0/s1. The third-order valence-corrected chi connectivity index (χ3v) is 5.08. The lowest BCUT2D eigenvalue weighted by Crippen LogP contribution is -2.51. The zero-order valence-corrected chi connectivity index (χ0v) is 12.3. The Hall–Kier alpha value is -0.390. The van der Waals surface area contributed by atoms with Crippen LogP contribution in [0, 0.1) is 5.92 Å². The molecular weight excluding hydrogens is 300 g/mol. The molecule has 0 spiro atoms. The number of rotatable bonds is 2. The molecule has 0 saturated carbocycles. The highest BCUT2D eigenvalue weighted by molar-refractivity contribution is 9.10. The molecule has 0 bridgehead atoms. The summed E-state index contributed by atoms with van der Waals surface area (Å²) in [6.07, 6.45) is 2.25. The molecule has 1 saturated heterocycles. The van der Waals surface area contributed by atoms with Gasteiger partial charge in [-0.25, -0.2) is 0 Å². The van der Waals surface area contributed by atoms with E-state index < -0.39 is 0 Å². The van der Waals surface area contributed by atoms with Crippen molar-refractivity contribution in [3.63, 3.8) is 0 Å². The minimum Gasteiger partial charge on any atom is -0.333 e. The molecule has 17 heavy (non-hydrogen) atoms. The Labute approximate surface area is 114 Å². The second kappa shape index (κ2) is 5.50. The van der Waals surface area contributed by atoms with Crippen LogP contribution in [0.25, 0.3) is 0 Å². The van der Waals surface area contributed by atoms with Gasteiger partial charge in [0.1, 0.15) is 0 Å². The van der Waals surface area contributed by atoms with Crippen LogP contribution in [0.2, 0.25) is 0 Å². The van der Waals surface area contributed by atoms with E-state index >= 15 is 0 Å². The molecule has 1 aliphatic heterocycles. The fraction of sp³-hybridized carbons (Fsp3) is 0.583. The Bertz CT molecular complexity index is 407. The van der Waals surface area contributed by atoms with Crippen LogP contribution in [0.5, 0.6) is 0 Å². The van der Waals surface area contributed by atoms with E-state index in [0.717, 1.165) is 22.3 Å². The van der Waals surface area contributed by atoms with Gasteiger partial charge in [0.05, 0.1) is 4.88 Å². The van der Waals surface area contributed by atoms with Gasteiger partial charge in [0.2, 0.25) is 0 Å². The number of carbonyl (C=O) groups excluding carboxylic acids is 1. The number of hydrogen-bond donors (Lipinski definition) is 1. The van der Waals surface area contributed by atoms with Gasteiger partial charge in [0.25, 0.3) is 5.91 Å². The predicted molar refractivity (Wildman–Crippen MR) is 74.3 cm³/mol. The number of carbonyl (C=O) groups is 1. The second-order valence-electron chi connectivity index (χ2n) is 4.55. The molecule has 3 nitrogen and oxygen atoms in total. The van der Waals surface area contributed by atoms with Crippen molar-refractivity contribution in [3.05, 3.63) is 20.8 Å². The smallest absolute Gasteiger partial charge is 0.264 e. The molecule has 1 aliphatic rings. The van der Waals surface area contributed by atoms with E-state index in [2.05, 4.69) is 22.9 Å². The quantitative estimate of drug-likeness (QED) is 0.911. The summed E-state index contributed by atoms with van der Waals surface area (Å²) >= 11 is 4.87. The summed E-state index contributed by atoms with van der Waals surface area (Å²) in [5.74, 6) is 0.629. The first-order valence-corrected chi connectivity index (χ1v) is 7.56. The van der Waals surface area contributed by atoms with Crippen molar-refractivity contribution in [2.75, 3.05) is 13.1 Å². The van der Waals surface area contributed by atoms with E-state index in [1.165, 1.54) is 17.8 Å². The minimum atomic E-state index is 0.128. The molecule has 5 heteroatoms. The summed E-state index contributed by atoms with van der Waals surface area (Å²) in [5, 5.41) is 1.94. The number of nitrogens with two attached hydrogens (primary N) is 1. The molecule has 1 fully saturated rings. The summed E-state index contributed by atoms with van der Waals surface area (Å²) in [4.78, 5) is 15.1. The van der Waals surface area contributed by atoms with Gasteiger partial charge in [-0.2, -0.15) is 0 Å². The van der Waals surface area contributed by atoms with Crippen molar-refractivity contribution in [2.24, 2.45) is 11.7 Å². The number of thiophene rings is 1. The van der Waals surface area contributed by atoms with Gasteiger partial charge in [-0.15, -0.1) is 11.3 Å². The van der Waals surface area contributed by atoms with E-state index in [0.29, 0.717) is 12.5 Å². The summed E-state index contributed by atoms with van der Waals surface area (Å²) in [6.45, 7) is 3.57. The number of nitrogens with zero attached hydrogens (tertiary/aromatic N) is 1. The summed E-state index contributed by atoms with van der Waals surface area (Å²) in [5.41, 5.74) is 5.81. The van der Waals surface area contributed by atoms with Crippen molar-refractivity contribution in [1.82, 2.24) is 4.90 Å². The van der Waals surface area contributed by atoms with Gasteiger partial charge in [-0.3, -0.25) is 4.79 Å². The molecule has 2 heterocycles. The Kier molecular flexibility index (Phi) is 4.22.